The van der Waals surface area contributed by atoms with Crippen LogP contribution >= 0.6 is 23.2 Å². The summed E-state index contributed by atoms with van der Waals surface area (Å²) in [7, 11) is 0. The molecule has 0 aliphatic heterocycles. The summed E-state index contributed by atoms with van der Waals surface area (Å²) in [5.41, 5.74) is 6.27. The number of carbonyl (C=O) groups is 2. The third-order valence-electron chi connectivity index (χ3n) is 3.12. The zero-order valence-corrected chi connectivity index (χ0v) is 14.4. The van der Waals surface area contributed by atoms with Gasteiger partial charge in [0.15, 0.2) is 6.61 Å². The second kappa shape index (κ2) is 8.57. The van der Waals surface area contributed by atoms with E-state index in [1.54, 1.807) is 42.5 Å². The van der Waals surface area contributed by atoms with Crippen LogP contribution in [0.2, 0.25) is 10.0 Å². The lowest BCUT2D eigenvalue weighted by molar-refractivity contribution is -0.129. The summed E-state index contributed by atoms with van der Waals surface area (Å²) in [5, 5.41) is 1.23. The lowest BCUT2D eigenvalue weighted by Crippen LogP contribution is -2.44. The molecule has 0 saturated heterocycles. The normalized spacial score (nSPS) is 10.1. The number of carbonyl (C=O) groups excluding carboxylic acids is 2. The summed E-state index contributed by atoms with van der Waals surface area (Å²) < 4.78 is 5.33. The lowest BCUT2D eigenvalue weighted by Gasteiger charge is -2.09. The van der Waals surface area contributed by atoms with Gasteiger partial charge in [-0.2, -0.15) is 0 Å². The van der Waals surface area contributed by atoms with Crippen molar-refractivity contribution in [1.82, 2.24) is 10.9 Å². The molecular weight excluding hydrogens is 351 g/mol. The van der Waals surface area contributed by atoms with Crippen molar-refractivity contribution < 1.29 is 14.3 Å². The van der Waals surface area contributed by atoms with Crippen LogP contribution in [0.25, 0.3) is 0 Å². The summed E-state index contributed by atoms with van der Waals surface area (Å²) in [6.45, 7) is 1.62. The molecule has 126 valence electrons. The molecule has 0 fully saturated rings. The Balaban J connectivity index is 1.73. The minimum absolute atomic E-state index is 0.134. The molecule has 0 aliphatic carbocycles. The van der Waals surface area contributed by atoms with Gasteiger partial charge in [0.25, 0.3) is 5.91 Å². The van der Waals surface area contributed by atoms with Crippen LogP contribution in [0.3, 0.4) is 0 Å². The second-order valence-electron chi connectivity index (χ2n) is 5.10. The predicted molar refractivity (Wildman–Crippen MR) is 93.1 cm³/mol. The zero-order valence-electron chi connectivity index (χ0n) is 12.9. The van der Waals surface area contributed by atoms with Gasteiger partial charge in [-0.25, -0.2) is 0 Å². The van der Waals surface area contributed by atoms with Crippen molar-refractivity contribution in [3.8, 4) is 5.75 Å². The number of amides is 2. The molecule has 2 rings (SSSR count). The number of hydrazine groups is 1. The molecule has 0 saturated carbocycles. The fourth-order valence-electron chi connectivity index (χ4n) is 1.86. The van der Waals surface area contributed by atoms with E-state index in [1.165, 1.54) is 0 Å². The fourth-order valence-corrected chi connectivity index (χ4v) is 2.11. The van der Waals surface area contributed by atoms with Gasteiger partial charge in [0.05, 0.1) is 6.42 Å². The molecule has 2 amide bonds. The fraction of sp³-hybridized carbons (Fsp3) is 0.176. The Kier molecular flexibility index (Phi) is 6.46. The summed E-state index contributed by atoms with van der Waals surface area (Å²) in [6, 6.07) is 12.0. The Labute approximate surface area is 149 Å². The van der Waals surface area contributed by atoms with E-state index >= 15 is 0 Å². The molecule has 0 spiro atoms. The van der Waals surface area contributed by atoms with Crippen molar-refractivity contribution >= 4 is 35.0 Å². The van der Waals surface area contributed by atoms with Crippen molar-refractivity contribution in [1.29, 1.82) is 0 Å². The summed E-state index contributed by atoms with van der Waals surface area (Å²) in [6.07, 6.45) is 0.134. The molecule has 24 heavy (non-hydrogen) atoms. The monoisotopic (exact) mass is 366 g/mol. The SMILES string of the molecule is Cc1cc(OCC(=O)NNC(=O)Cc2ccc(Cl)cc2)ccc1Cl. The van der Waals surface area contributed by atoms with Crippen LogP contribution in [-0.2, 0) is 16.0 Å². The molecule has 0 unspecified atom stereocenters. The van der Waals surface area contributed by atoms with E-state index in [9.17, 15) is 9.59 Å². The quantitative estimate of drug-likeness (QED) is 0.799. The molecule has 0 aliphatic rings. The molecule has 0 aromatic heterocycles. The van der Waals surface area contributed by atoms with Crippen molar-refractivity contribution in [2.75, 3.05) is 6.61 Å². The lowest BCUT2D eigenvalue weighted by atomic mass is 10.1. The van der Waals surface area contributed by atoms with E-state index in [2.05, 4.69) is 10.9 Å². The first kappa shape index (κ1) is 18.1. The minimum atomic E-state index is -0.466. The van der Waals surface area contributed by atoms with Crippen LogP contribution in [0.4, 0.5) is 0 Å². The Bertz CT molecular complexity index is 733. The zero-order chi connectivity index (χ0) is 17.5. The van der Waals surface area contributed by atoms with Gasteiger partial charge in [-0.3, -0.25) is 20.4 Å². The highest BCUT2D eigenvalue weighted by molar-refractivity contribution is 6.31. The topological polar surface area (TPSA) is 67.4 Å². The van der Waals surface area contributed by atoms with Crippen molar-refractivity contribution in [3.05, 3.63) is 63.6 Å². The molecule has 7 heteroatoms. The highest BCUT2D eigenvalue weighted by Gasteiger charge is 2.07. The van der Waals surface area contributed by atoms with Crippen LogP contribution in [0.15, 0.2) is 42.5 Å². The van der Waals surface area contributed by atoms with Gasteiger partial charge >= 0.3 is 0 Å². The average Bonchev–Trinajstić information content (AvgIpc) is 2.56. The molecular formula is C17H16Cl2N2O3. The highest BCUT2D eigenvalue weighted by Crippen LogP contribution is 2.20. The van der Waals surface area contributed by atoms with Crippen LogP contribution in [0.5, 0.6) is 5.75 Å². The van der Waals surface area contributed by atoms with Crippen LogP contribution in [0.1, 0.15) is 11.1 Å². The molecule has 0 bridgehead atoms. The van der Waals surface area contributed by atoms with Crippen LogP contribution in [-0.4, -0.2) is 18.4 Å². The number of hydrogen-bond donors (Lipinski definition) is 2. The van der Waals surface area contributed by atoms with E-state index in [4.69, 9.17) is 27.9 Å². The number of ether oxygens (including phenoxy) is 1. The van der Waals surface area contributed by atoms with E-state index < -0.39 is 5.91 Å². The van der Waals surface area contributed by atoms with E-state index in [-0.39, 0.29) is 18.9 Å². The van der Waals surface area contributed by atoms with Gasteiger partial charge < -0.3 is 4.74 Å². The van der Waals surface area contributed by atoms with Gasteiger partial charge in [0.2, 0.25) is 5.91 Å². The van der Waals surface area contributed by atoms with Crippen molar-refractivity contribution in [2.24, 2.45) is 0 Å². The van der Waals surface area contributed by atoms with Gasteiger partial charge in [-0.15, -0.1) is 0 Å². The number of benzene rings is 2. The number of aryl methyl sites for hydroxylation is 1. The summed E-state index contributed by atoms with van der Waals surface area (Å²) in [5.74, 6) is -0.278. The van der Waals surface area contributed by atoms with Gasteiger partial charge in [-0.1, -0.05) is 35.3 Å². The molecule has 2 aromatic rings. The third-order valence-corrected chi connectivity index (χ3v) is 3.79. The Morgan fingerprint density at radius 2 is 1.67 bits per heavy atom. The first-order valence-corrected chi connectivity index (χ1v) is 7.91. The van der Waals surface area contributed by atoms with E-state index in [0.717, 1.165) is 11.1 Å². The molecule has 0 heterocycles. The Morgan fingerprint density at radius 1 is 1.00 bits per heavy atom. The molecule has 5 nitrogen and oxygen atoms in total. The van der Waals surface area contributed by atoms with Crippen LogP contribution in [0, 0.1) is 6.92 Å². The third kappa shape index (κ3) is 5.76. The van der Waals surface area contributed by atoms with Gasteiger partial charge in [-0.05, 0) is 48.4 Å². The van der Waals surface area contributed by atoms with Crippen molar-refractivity contribution in [2.45, 2.75) is 13.3 Å². The first-order valence-electron chi connectivity index (χ1n) is 7.15. The number of rotatable bonds is 5. The summed E-state index contributed by atoms with van der Waals surface area (Å²) in [4.78, 5) is 23.4. The molecule has 0 radical (unpaired) electrons. The molecule has 2 aromatic carbocycles. The minimum Gasteiger partial charge on any atom is -0.484 e. The van der Waals surface area contributed by atoms with E-state index in [0.29, 0.717) is 15.8 Å². The van der Waals surface area contributed by atoms with Gasteiger partial charge in [0, 0.05) is 10.0 Å². The van der Waals surface area contributed by atoms with Crippen molar-refractivity contribution in [3.63, 3.8) is 0 Å². The number of hydrogen-bond acceptors (Lipinski definition) is 3. The Morgan fingerprint density at radius 3 is 2.33 bits per heavy atom. The smallest absolute Gasteiger partial charge is 0.276 e. The highest BCUT2D eigenvalue weighted by atomic mass is 35.5. The maximum atomic E-state index is 11.7. The summed E-state index contributed by atoms with van der Waals surface area (Å²) >= 11 is 11.7. The molecule has 2 N–H and O–H groups in total. The number of nitrogens with one attached hydrogen (secondary N) is 2. The standard InChI is InChI=1S/C17H16Cl2N2O3/c1-11-8-14(6-7-15(11)19)24-10-17(23)21-20-16(22)9-12-2-4-13(18)5-3-12/h2-8H,9-10H2,1H3,(H,20,22)(H,21,23). The van der Waals surface area contributed by atoms with E-state index in [1.807, 2.05) is 6.92 Å². The second-order valence-corrected chi connectivity index (χ2v) is 5.94. The first-order chi connectivity index (χ1) is 11.4. The largest absolute Gasteiger partial charge is 0.484 e. The Hall–Kier alpha value is -2.24. The maximum absolute atomic E-state index is 11.7. The molecule has 0 atom stereocenters. The number of halogens is 2. The maximum Gasteiger partial charge on any atom is 0.276 e. The average molecular weight is 367 g/mol. The van der Waals surface area contributed by atoms with Gasteiger partial charge in [0.1, 0.15) is 5.75 Å². The van der Waals surface area contributed by atoms with Crippen LogP contribution < -0.4 is 15.6 Å². The predicted octanol–water partition coefficient (Wildman–Crippen LogP) is 3.07.